The highest BCUT2D eigenvalue weighted by Gasteiger charge is 2.45. The average molecular weight is 224 g/mol. The molecule has 90 valence electrons. The molecule has 0 aromatic rings. The summed E-state index contributed by atoms with van der Waals surface area (Å²) < 4.78 is 5.70. The summed E-state index contributed by atoms with van der Waals surface area (Å²) in [4.78, 5) is 12.0. The van der Waals surface area contributed by atoms with Crippen molar-refractivity contribution < 1.29 is 9.53 Å². The highest BCUT2D eigenvalue weighted by Crippen LogP contribution is 2.39. The number of hydrogen-bond acceptors (Lipinski definition) is 3. The van der Waals surface area contributed by atoms with Crippen LogP contribution in [0.2, 0.25) is 0 Å². The van der Waals surface area contributed by atoms with E-state index in [1.807, 2.05) is 0 Å². The van der Waals surface area contributed by atoms with Crippen molar-refractivity contribution in [1.82, 2.24) is 5.32 Å². The molecule has 2 unspecified atom stereocenters. The molecule has 2 saturated carbocycles. The molecule has 1 heterocycles. The van der Waals surface area contributed by atoms with Crippen LogP contribution in [0, 0.1) is 5.92 Å². The number of ether oxygens (including phenoxy) is 1. The summed E-state index contributed by atoms with van der Waals surface area (Å²) in [5.41, 5.74) is 5.44. The Morgan fingerprint density at radius 2 is 2.06 bits per heavy atom. The van der Waals surface area contributed by atoms with E-state index in [9.17, 15) is 4.79 Å². The van der Waals surface area contributed by atoms with Crippen LogP contribution in [0.15, 0.2) is 0 Å². The van der Waals surface area contributed by atoms with Crippen LogP contribution >= 0.6 is 0 Å². The molecule has 1 amide bonds. The molecule has 16 heavy (non-hydrogen) atoms. The number of nitrogens with one attached hydrogen (secondary N) is 1. The van der Waals surface area contributed by atoms with E-state index in [2.05, 4.69) is 5.32 Å². The van der Waals surface area contributed by atoms with Gasteiger partial charge in [0.25, 0.3) is 0 Å². The summed E-state index contributed by atoms with van der Waals surface area (Å²) in [5.74, 6) is 0.725. The second kappa shape index (κ2) is 3.70. The van der Waals surface area contributed by atoms with E-state index in [0.717, 1.165) is 32.3 Å². The molecule has 1 aliphatic heterocycles. The number of carbonyl (C=O) groups excluding carboxylic acids is 1. The summed E-state index contributed by atoms with van der Waals surface area (Å²) >= 11 is 0. The van der Waals surface area contributed by atoms with E-state index in [0.29, 0.717) is 5.92 Å². The van der Waals surface area contributed by atoms with Crippen LogP contribution in [-0.4, -0.2) is 30.2 Å². The molecule has 0 radical (unpaired) electrons. The third-order valence-electron chi connectivity index (χ3n) is 4.24. The monoisotopic (exact) mass is 224 g/mol. The minimum Gasteiger partial charge on any atom is -0.376 e. The Labute approximate surface area is 95.9 Å². The molecule has 0 aromatic heterocycles. The van der Waals surface area contributed by atoms with Crippen molar-refractivity contribution in [3.8, 4) is 0 Å². The van der Waals surface area contributed by atoms with Gasteiger partial charge in [0.1, 0.15) is 0 Å². The molecule has 3 N–H and O–H groups in total. The predicted molar refractivity (Wildman–Crippen MR) is 59.8 cm³/mol. The number of hydrogen-bond donors (Lipinski definition) is 2. The highest BCUT2D eigenvalue weighted by molar-refractivity contribution is 5.87. The summed E-state index contributed by atoms with van der Waals surface area (Å²) in [6.45, 7) is 0.781. The maximum Gasteiger partial charge on any atom is 0.240 e. The lowest BCUT2D eigenvalue weighted by Crippen LogP contribution is -2.61. The van der Waals surface area contributed by atoms with E-state index in [1.54, 1.807) is 0 Å². The van der Waals surface area contributed by atoms with Crippen LogP contribution in [0.3, 0.4) is 0 Å². The fraction of sp³-hybridized carbons (Fsp3) is 0.917. The summed E-state index contributed by atoms with van der Waals surface area (Å²) in [7, 11) is 0. The zero-order valence-electron chi connectivity index (χ0n) is 9.58. The van der Waals surface area contributed by atoms with E-state index >= 15 is 0 Å². The molecule has 3 fully saturated rings. The summed E-state index contributed by atoms with van der Waals surface area (Å²) in [6.07, 6.45) is 6.46. The minimum atomic E-state index is -0.573. The molecule has 2 atom stereocenters. The van der Waals surface area contributed by atoms with Gasteiger partial charge >= 0.3 is 0 Å². The first kappa shape index (κ1) is 10.5. The van der Waals surface area contributed by atoms with Crippen LogP contribution in [0.1, 0.15) is 38.5 Å². The van der Waals surface area contributed by atoms with Crippen molar-refractivity contribution in [2.45, 2.75) is 56.2 Å². The summed E-state index contributed by atoms with van der Waals surface area (Å²) in [6, 6.07) is 0.209. The lowest BCUT2D eigenvalue weighted by atomic mass is 9.77. The van der Waals surface area contributed by atoms with Crippen molar-refractivity contribution in [3.05, 3.63) is 0 Å². The third kappa shape index (κ3) is 1.74. The molecule has 0 aromatic carbocycles. The molecule has 0 bridgehead atoms. The van der Waals surface area contributed by atoms with Gasteiger partial charge in [0.05, 0.1) is 17.7 Å². The number of nitrogens with two attached hydrogens (primary N) is 1. The molecule has 4 heteroatoms. The Morgan fingerprint density at radius 1 is 1.31 bits per heavy atom. The van der Waals surface area contributed by atoms with Crippen molar-refractivity contribution in [2.75, 3.05) is 6.61 Å². The second-order valence-electron chi connectivity index (χ2n) is 5.55. The Morgan fingerprint density at radius 3 is 2.62 bits per heavy atom. The Bertz CT molecular complexity index is 297. The van der Waals surface area contributed by atoms with Gasteiger partial charge in [-0.15, -0.1) is 0 Å². The normalized spacial score (nSPS) is 36.8. The van der Waals surface area contributed by atoms with Gasteiger partial charge in [-0.2, -0.15) is 0 Å². The van der Waals surface area contributed by atoms with Gasteiger partial charge in [-0.05, 0) is 44.4 Å². The largest absolute Gasteiger partial charge is 0.376 e. The molecule has 3 rings (SSSR count). The first-order chi connectivity index (χ1) is 7.69. The van der Waals surface area contributed by atoms with Crippen molar-refractivity contribution in [2.24, 2.45) is 11.7 Å². The molecular weight excluding hydrogens is 204 g/mol. The predicted octanol–water partition coefficient (Wildman–Crippen LogP) is 0.551. The summed E-state index contributed by atoms with van der Waals surface area (Å²) in [5, 5.41) is 3.10. The zero-order valence-corrected chi connectivity index (χ0v) is 9.58. The molecule has 4 nitrogen and oxygen atoms in total. The van der Waals surface area contributed by atoms with Crippen LogP contribution in [-0.2, 0) is 9.53 Å². The topological polar surface area (TPSA) is 64.4 Å². The molecule has 1 saturated heterocycles. The van der Waals surface area contributed by atoms with Crippen molar-refractivity contribution in [3.63, 3.8) is 0 Å². The minimum absolute atomic E-state index is 0.0416. The third-order valence-corrected chi connectivity index (χ3v) is 4.24. The second-order valence-corrected chi connectivity index (χ2v) is 5.55. The van der Waals surface area contributed by atoms with Gasteiger partial charge in [-0.1, -0.05) is 0 Å². The van der Waals surface area contributed by atoms with Gasteiger partial charge in [-0.25, -0.2) is 0 Å². The van der Waals surface area contributed by atoms with E-state index < -0.39 is 5.54 Å². The quantitative estimate of drug-likeness (QED) is 0.736. The SMILES string of the molecule is NC1(C(=O)NC2CCOC2C2CC2)CCC1. The molecule has 0 spiro atoms. The molecular formula is C12H20N2O2. The first-order valence-corrected chi connectivity index (χ1v) is 6.40. The van der Waals surface area contributed by atoms with Gasteiger partial charge in [0.15, 0.2) is 0 Å². The van der Waals surface area contributed by atoms with E-state index in [4.69, 9.17) is 10.5 Å². The van der Waals surface area contributed by atoms with E-state index in [-0.39, 0.29) is 18.1 Å². The number of carbonyl (C=O) groups is 1. The lowest BCUT2D eigenvalue weighted by Gasteiger charge is -2.37. The van der Waals surface area contributed by atoms with Gasteiger partial charge in [0, 0.05) is 6.61 Å². The Balaban J connectivity index is 1.58. The average Bonchev–Trinajstić information content (AvgIpc) is 2.96. The molecule has 2 aliphatic carbocycles. The standard InChI is InChI=1S/C12H20N2O2/c13-12(5-1-6-12)11(15)14-9-4-7-16-10(9)8-2-3-8/h8-10H,1-7,13H2,(H,14,15). The van der Waals surface area contributed by atoms with E-state index in [1.165, 1.54) is 12.8 Å². The number of rotatable bonds is 3. The first-order valence-electron chi connectivity index (χ1n) is 6.40. The number of amides is 1. The van der Waals surface area contributed by atoms with Crippen LogP contribution < -0.4 is 11.1 Å². The lowest BCUT2D eigenvalue weighted by molar-refractivity contribution is -0.130. The Hall–Kier alpha value is -0.610. The van der Waals surface area contributed by atoms with Crippen molar-refractivity contribution >= 4 is 5.91 Å². The zero-order chi connectivity index (χ0) is 11.2. The smallest absolute Gasteiger partial charge is 0.240 e. The van der Waals surface area contributed by atoms with Crippen molar-refractivity contribution in [1.29, 1.82) is 0 Å². The van der Waals surface area contributed by atoms with Crippen LogP contribution in [0.4, 0.5) is 0 Å². The van der Waals surface area contributed by atoms with Gasteiger partial charge in [-0.3, -0.25) is 4.79 Å². The fourth-order valence-electron chi connectivity index (χ4n) is 2.75. The van der Waals surface area contributed by atoms with Crippen LogP contribution in [0.5, 0.6) is 0 Å². The van der Waals surface area contributed by atoms with Gasteiger partial charge in [0.2, 0.25) is 5.91 Å². The molecule has 3 aliphatic rings. The van der Waals surface area contributed by atoms with Gasteiger partial charge < -0.3 is 15.8 Å². The maximum absolute atomic E-state index is 12.0. The van der Waals surface area contributed by atoms with Crippen LogP contribution in [0.25, 0.3) is 0 Å². The Kier molecular flexibility index (Phi) is 2.44. The maximum atomic E-state index is 12.0. The fourth-order valence-corrected chi connectivity index (χ4v) is 2.75. The highest BCUT2D eigenvalue weighted by atomic mass is 16.5.